The van der Waals surface area contributed by atoms with Crippen LogP contribution in [0.25, 0.3) is 0 Å². The van der Waals surface area contributed by atoms with Crippen LogP contribution < -0.4 is 4.74 Å². The summed E-state index contributed by atoms with van der Waals surface area (Å²) in [6.07, 6.45) is 1.71. The number of aromatic carboxylic acids is 1. The van der Waals surface area contributed by atoms with Crippen molar-refractivity contribution in [3.63, 3.8) is 0 Å². The van der Waals surface area contributed by atoms with E-state index in [0.29, 0.717) is 17.9 Å². The van der Waals surface area contributed by atoms with Crippen LogP contribution in [-0.2, 0) is 6.61 Å². The first-order valence-electron chi connectivity index (χ1n) is 8.48. The zero-order valence-corrected chi connectivity index (χ0v) is 18.2. The van der Waals surface area contributed by atoms with Gasteiger partial charge in [-0.25, -0.2) is 4.79 Å². The lowest BCUT2D eigenvalue weighted by Gasteiger charge is -2.08. The van der Waals surface area contributed by atoms with Crippen molar-refractivity contribution in [1.29, 1.82) is 0 Å². The van der Waals surface area contributed by atoms with Gasteiger partial charge >= 0.3 is 5.97 Å². The number of carbonyl (C=O) groups is 1. The second-order valence-electron chi connectivity index (χ2n) is 6.11. The van der Waals surface area contributed by atoms with Crippen LogP contribution in [0.2, 0.25) is 0 Å². The molecule has 4 nitrogen and oxygen atoms in total. The number of hydrogen-bond donors (Lipinski definition) is 1. The van der Waals surface area contributed by atoms with Crippen LogP contribution >= 0.6 is 31.9 Å². The van der Waals surface area contributed by atoms with Crippen molar-refractivity contribution in [3.8, 4) is 5.75 Å². The molecule has 0 unspecified atom stereocenters. The first-order valence-corrected chi connectivity index (χ1v) is 10.1. The third-order valence-electron chi connectivity index (χ3n) is 4.18. The Hall–Kier alpha value is -2.44. The van der Waals surface area contributed by atoms with Crippen LogP contribution in [0.1, 0.15) is 27.0 Å². The molecule has 28 heavy (non-hydrogen) atoms. The Morgan fingerprint density at radius 2 is 1.86 bits per heavy atom. The van der Waals surface area contributed by atoms with Crippen LogP contribution in [-0.4, -0.2) is 17.3 Å². The molecule has 0 atom stereocenters. The number of benzene rings is 3. The molecular formula is C22H17Br2NO3. The Labute approximate surface area is 180 Å². The van der Waals surface area contributed by atoms with Gasteiger partial charge in [-0.3, -0.25) is 4.99 Å². The van der Waals surface area contributed by atoms with E-state index in [0.717, 1.165) is 25.8 Å². The summed E-state index contributed by atoms with van der Waals surface area (Å²) < 4.78 is 7.84. The molecule has 0 aliphatic carbocycles. The van der Waals surface area contributed by atoms with Crippen LogP contribution in [0.4, 0.5) is 5.69 Å². The van der Waals surface area contributed by atoms with E-state index in [4.69, 9.17) is 4.74 Å². The maximum Gasteiger partial charge on any atom is 0.336 e. The number of rotatable bonds is 6. The van der Waals surface area contributed by atoms with Crippen molar-refractivity contribution in [2.45, 2.75) is 13.5 Å². The SMILES string of the molecule is Cc1c(N=Cc2ccc(OCc3ccc(Br)cc3Br)cc2)cccc1C(=O)O. The molecule has 0 aliphatic heterocycles. The summed E-state index contributed by atoms with van der Waals surface area (Å²) in [4.78, 5) is 15.6. The van der Waals surface area contributed by atoms with Gasteiger partial charge < -0.3 is 9.84 Å². The number of nitrogens with zero attached hydrogens (tertiary/aromatic N) is 1. The van der Waals surface area contributed by atoms with E-state index in [2.05, 4.69) is 36.9 Å². The molecule has 6 heteroatoms. The average Bonchev–Trinajstić information content (AvgIpc) is 2.67. The lowest BCUT2D eigenvalue weighted by atomic mass is 10.1. The fourth-order valence-corrected chi connectivity index (χ4v) is 3.75. The highest BCUT2D eigenvalue weighted by molar-refractivity contribution is 9.11. The van der Waals surface area contributed by atoms with E-state index in [1.807, 2.05) is 42.5 Å². The summed E-state index contributed by atoms with van der Waals surface area (Å²) in [7, 11) is 0. The number of carboxylic acid groups (broad SMARTS) is 1. The van der Waals surface area contributed by atoms with Crippen LogP contribution in [0.3, 0.4) is 0 Å². The molecule has 0 heterocycles. The van der Waals surface area contributed by atoms with Gasteiger partial charge in [-0.15, -0.1) is 0 Å². The van der Waals surface area contributed by atoms with Crippen molar-refractivity contribution >= 4 is 49.7 Å². The molecule has 0 amide bonds. The van der Waals surface area contributed by atoms with Crippen molar-refractivity contribution in [2.24, 2.45) is 4.99 Å². The highest BCUT2D eigenvalue weighted by Gasteiger charge is 2.09. The van der Waals surface area contributed by atoms with Gasteiger partial charge in [-0.1, -0.05) is 44.0 Å². The Bertz CT molecular complexity index is 1030. The van der Waals surface area contributed by atoms with E-state index >= 15 is 0 Å². The molecule has 0 fully saturated rings. The second kappa shape index (κ2) is 9.17. The minimum atomic E-state index is -0.950. The molecule has 0 spiro atoms. The first-order chi connectivity index (χ1) is 13.4. The zero-order valence-electron chi connectivity index (χ0n) is 15.0. The molecule has 0 aliphatic rings. The van der Waals surface area contributed by atoms with Gasteiger partial charge in [0, 0.05) is 20.7 Å². The Balaban J connectivity index is 1.67. The molecule has 3 rings (SSSR count). The van der Waals surface area contributed by atoms with Crippen LogP contribution in [0.5, 0.6) is 5.75 Å². The molecule has 0 saturated heterocycles. The standard InChI is InChI=1S/C22H17Br2NO3/c1-14-19(22(26)27)3-2-4-21(14)25-12-15-5-9-18(10-6-15)28-13-16-7-8-17(23)11-20(16)24/h2-12H,13H2,1H3,(H,26,27). The monoisotopic (exact) mass is 501 g/mol. The first kappa shape index (κ1) is 20.3. The van der Waals surface area contributed by atoms with E-state index in [1.54, 1.807) is 31.3 Å². The quantitative estimate of drug-likeness (QED) is 0.389. The molecule has 3 aromatic rings. The van der Waals surface area contributed by atoms with Gasteiger partial charge in [0.05, 0.1) is 11.3 Å². The largest absolute Gasteiger partial charge is 0.489 e. The minimum Gasteiger partial charge on any atom is -0.489 e. The topological polar surface area (TPSA) is 58.9 Å². The maximum absolute atomic E-state index is 11.2. The van der Waals surface area contributed by atoms with Gasteiger partial charge in [0.15, 0.2) is 0 Å². The summed E-state index contributed by atoms with van der Waals surface area (Å²) in [5, 5.41) is 9.20. The van der Waals surface area contributed by atoms with Crippen LogP contribution in [0.15, 0.2) is 74.6 Å². The number of hydrogen-bond acceptors (Lipinski definition) is 3. The zero-order chi connectivity index (χ0) is 20.1. The summed E-state index contributed by atoms with van der Waals surface area (Å²) in [6.45, 7) is 2.22. The predicted octanol–water partition coefficient (Wildman–Crippen LogP) is 6.55. The predicted molar refractivity (Wildman–Crippen MR) is 118 cm³/mol. The van der Waals surface area contributed by atoms with Crippen LogP contribution in [0, 0.1) is 6.92 Å². The highest BCUT2D eigenvalue weighted by atomic mass is 79.9. The Morgan fingerprint density at radius 3 is 2.54 bits per heavy atom. The third kappa shape index (κ3) is 5.09. The van der Waals surface area contributed by atoms with E-state index in [9.17, 15) is 9.90 Å². The molecule has 1 N–H and O–H groups in total. The smallest absolute Gasteiger partial charge is 0.336 e. The van der Waals surface area contributed by atoms with E-state index in [1.165, 1.54) is 0 Å². The molecule has 0 aromatic heterocycles. The number of carboxylic acids is 1. The van der Waals surface area contributed by atoms with Crippen molar-refractivity contribution in [2.75, 3.05) is 0 Å². The van der Waals surface area contributed by atoms with Gasteiger partial charge in [0.1, 0.15) is 12.4 Å². The molecule has 0 bridgehead atoms. The Kier molecular flexibility index (Phi) is 6.65. The summed E-state index contributed by atoms with van der Waals surface area (Å²) in [5.41, 5.74) is 3.50. The van der Waals surface area contributed by atoms with Gasteiger partial charge in [-0.05, 0) is 66.6 Å². The molecule has 0 saturated carbocycles. The van der Waals surface area contributed by atoms with Crippen molar-refractivity contribution in [1.82, 2.24) is 0 Å². The van der Waals surface area contributed by atoms with Gasteiger partial charge in [0.25, 0.3) is 0 Å². The fraction of sp³-hybridized carbons (Fsp3) is 0.0909. The normalized spacial score (nSPS) is 11.0. The third-order valence-corrected chi connectivity index (χ3v) is 5.41. The fourth-order valence-electron chi connectivity index (χ4n) is 2.59. The van der Waals surface area contributed by atoms with Crippen molar-refractivity contribution < 1.29 is 14.6 Å². The molecule has 0 radical (unpaired) electrons. The molecule has 3 aromatic carbocycles. The summed E-state index contributed by atoms with van der Waals surface area (Å²) in [6, 6.07) is 18.6. The van der Waals surface area contributed by atoms with Crippen molar-refractivity contribution in [3.05, 3.63) is 91.9 Å². The second-order valence-corrected chi connectivity index (χ2v) is 7.88. The molecular weight excluding hydrogens is 486 g/mol. The van der Waals surface area contributed by atoms with Gasteiger partial charge in [0.2, 0.25) is 0 Å². The number of ether oxygens (including phenoxy) is 1. The summed E-state index contributed by atoms with van der Waals surface area (Å²) >= 11 is 6.97. The average molecular weight is 503 g/mol. The number of aliphatic imine (C=N–C) groups is 1. The van der Waals surface area contributed by atoms with E-state index < -0.39 is 5.97 Å². The summed E-state index contributed by atoms with van der Waals surface area (Å²) in [5.74, 6) is -0.190. The maximum atomic E-state index is 11.2. The lowest BCUT2D eigenvalue weighted by molar-refractivity contribution is 0.0696. The highest BCUT2D eigenvalue weighted by Crippen LogP contribution is 2.24. The molecule has 142 valence electrons. The lowest BCUT2D eigenvalue weighted by Crippen LogP contribution is -1.99. The van der Waals surface area contributed by atoms with Gasteiger partial charge in [-0.2, -0.15) is 0 Å². The Morgan fingerprint density at radius 1 is 1.11 bits per heavy atom. The number of halogens is 2. The minimum absolute atomic E-state index is 0.262. The van der Waals surface area contributed by atoms with E-state index in [-0.39, 0.29) is 5.56 Å².